The molecule has 5 heteroatoms. The second kappa shape index (κ2) is 5.92. The van der Waals surface area contributed by atoms with Crippen molar-refractivity contribution in [3.05, 3.63) is 28.2 Å². The summed E-state index contributed by atoms with van der Waals surface area (Å²) in [5.41, 5.74) is 7.93. The Bertz CT molecular complexity index is 478. The fourth-order valence-electron chi connectivity index (χ4n) is 2.42. The van der Waals surface area contributed by atoms with Gasteiger partial charge in [-0.1, -0.05) is 22.0 Å². The van der Waals surface area contributed by atoms with Crippen molar-refractivity contribution in [1.82, 2.24) is 4.90 Å². The van der Waals surface area contributed by atoms with E-state index in [2.05, 4.69) is 46.0 Å². The molecule has 2 N–H and O–H groups in total. The summed E-state index contributed by atoms with van der Waals surface area (Å²) < 4.78 is 1.07. The summed E-state index contributed by atoms with van der Waals surface area (Å²) in [5.74, 6) is 0.161. The van der Waals surface area contributed by atoms with Crippen LogP contribution in [0.2, 0.25) is 0 Å². The number of halogens is 1. The first-order valence-electron chi connectivity index (χ1n) is 6.52. The van der Waals surface area contributed by atoms with Crippen molar-refractivity contribution in [2.24, 2.45) is 5.73 Å². The number of nitrogens with zero attached hydrogens (tertiary/aromatic N) is 2. The lowest BCUT2D eigenvalue weighted by molar-refractivity contribution is -0.133. The Kier molecular flexibility index (Phi) is 4.47. The van der Waals surface area contributed by atoms with Crippen molar-refractivity contribution < 1.29 is 4.79 Å². The second-order valence-corrected chi connectivity index (χ2v) is 5.83. The van der Waals surface area contributed by atoms with Crippen molar-refractivity contribution in [2.45, 2.75) is 19.4 Å². The van der Waals surface area contributed by atoms with Gasteiger partial charge >= 0.3 is 0 Å². The molecular weight excluding hydrogens is 306 g/mol. The van der Waals surface area contributed by atoms with Crippen molar-refractivity contribution in [2.75, 3.05) is 31.6 Å². The molecule has 4 nitrogen and oxygen atoms in total. The molecule has 1 heterocycles. The Hall–Kier alpha value is -1.07. The lowest BCUT2D eigenvalue weighted by Crippen LogP contribution is -2.56. The summed E-state index contributed by atoms with van der Waals surface area (Å²) >= 11 is 3.55. The number of carbonyl (C=O) groups excluding carboxylic acids is 1. The average molecular weight is 326 g/mol. The van der Waals surface area contributed by atoms with Crippen LogP contribution in [-0.4, -0.2) is 43.5 Å². The van der Waals surface area contributed by atoms with Gasteiger partial charge in [-0.25, -0.2) is 0 Å². The van der Waals surface area contributed by atoms with Gasteiger partial charge in [0.2, 0.25) is 5.91 Å². The van der Waals surface area contributed by atoms with Crippen LogP contribution in [0.5, 0.6) is 0 Å². The standard InChI is InChI=1S/C14H20BrN3O/c1-10-3-4-11(9-12(10)15)18-8-7-17(2)14(19)13(18)5-6-16/h3-4,9,13H,5-8,16H2,1-2H3. The molecular formula is C14H20BrN3O. The highest BCUT2D eigenvalue weighted by Gasteiger charge is 2.32. The minimum atomic E-state index is -0.140. The van der Waals surface area contributed by atoms with Crippen LogP contribution in [-0.2, 0) is 4.79 Å². The van der Waals surface area contributed by atoms with E-state index in [1.807, 2.05) is 7.05 Å². The summed E-state index contributed by atoms with van der Waals surface area (Å²) in [7, 11) is 1.86. The predicted octanol–water partition coefficient (Wildman–Crippen LogP) is 1.75. The Labute approximate surface area is 122 Å². The maximum atomic E-state index is 12.3. The first kappa shape index (κ1) is 14.3. The molecule has 1 aliphatic rings. The smallest absolute Gasteiger partial charge is 0.245 e. The van der Waals surface area contributed by atoms with Crippen molar-refractivity contribution in [3.8, 4) is 0 Å². The number of likely N-dealkylation sites (N-methyl/N-ethyl adjacent to an activating group) is 1. The van der Waals surface area contributed by atoms with Gasteiger partial charge in [0.25, 0.3) is 0 Å². The van der Waals surface area contributed by atoms with Gasteiger partial charge in [0, 0.05) is 30.3 Å². The fraction of sp³-hybridized carbons (Fsp3) is 0.500. The summed E-state index contributed by atoms with van der Waals surface area (Å²) in [4.78, 5) is 16.2. The largest absolute Gasteiger partial charge is 0.358 e. The van der Waals surface area contributed by atoms with Crippen LogP contribution in [0.1, 0.15) is 12.0 Å². The normalized spacial score (nSPS) is 20.0. The third-order valence-electron chi connectivity index (χ3n) is 3.64. The van der Waals surface area contributed by atoms with Gasteiger partial charge in [-0.05, 0) is 37.6 Å². The first-order valence-corrected chi connectivity index (χ1v) is 7.31. The van der Waals surface area contributed by atoms with E-state index in [0.29, 0.717) is 13.0 Å². The minimum absolute atomic E-state index is 0.140. The van der Waals surface area contributed by atoms with Crippen LogP contribution < -0.4 is 10.6 Å². The number of amides is 1. The number of nitrogens with two attached hydrogens (primary N) is 1. The molecule has 1 aromatic carbocycles. The number of aryl methyl sites for hydroxylation is 1. The topological polar surface area (TPSA) is 49.6 Å². The Balaban J connectivity index is 2.30. The zero-order valence-electron chi connectivity index (χ0n) is 11.4. The monoisotopic (exact) mass is 325 g/mol. The highest BCUT2D eigenvalue weighted by Crippen LogP contribution is 2.27. The molecule has 0 aliphatic carbocycles. The highest BCUT2D eigenvalue weighted by molar-refractivity contribution is 9.10. The predicted molar refractivity (Wildman–Crippen MR) is 81.3 cm³/mol. The summed E-state index contributed by atoms with van der Waals surface area (Å²) in [6.07, 6.45) is 0.689. The molecule has 0 radical (unpaired) electrons. The molecule has 1 aliphatic heterocycles. The zero-order chi connectivity index (χ0) is 14.0. The molecule has 0 spiro atoms. The molecule has 1 aromatic rings. The summed E-state index contributed by atoms with van der Waals surface area (Å²) in [5, 5.41) is 0. The lowest BCUT2D eigenvalue weighted by atomic mass is 10.1. The van der Waals surface area contributed by atoms with Gasteiger partial charge in [0.05, 0.1) is 0 Å². The van der Waals surface area contributed by atoms with Crippen molar-refractivity contribution in [3.63, 3.8) is 0 Å². The van der Waals surface area contributed by atoms with Gasteiger partial charge in [-0.2, -0.15) is 0 Å². The third kappa shape index (κ3) is 2.92. The number of carbonyl (C=O) groups is 1. The van der Waals surface area contributed by atoms with E-state index >= 15 is 0 Å². The Morgan fingerprint density at radius 1 is 1.42 bits per heavy atom. The molecule has 0 bridgehead atoms. The van der Waals surface area contributed by atoms with Crippen LogP contribution >= 0.6 is 15.9 Å². The SMILES string of the molecule is Cc1ccc(N2CCN(C)C(=O)C2CCN)cc1Br. The molecule has 104 valence electrons. The molecule has 19 heavy (non-hydrogen) atoms. The molecule has 0 aromatic heterocycles. The van der Waals surface area contributed by atoms with E-state index in [-0.39, 0.29) is 11.9 Å². The van der Waals surface area contributed by atoms with E-state index in [4.69, 9.17) is 5.73 Å². The number of benzene rings is 1. The van der Waals surface area contributed by atoms with Crippen LogP contribution in [0.25, 0.3) is 0 Å². The van der Waals surface area contributed by atoms with Gasteiger partial charge in [0.1, 0.15) is 6.04 Å². The summed E-state index contributed by atoms with van der Waals surface area (Å²) in [6.45, 7) is 4.18. The van der Waals surface area contributed by atoms with Crippen LogP contribution in [0, 0.1) is 6.92 Å². The van der Waals surface area contributed by atoms with Crippen LogP contribution in [0.15, 0.2) is 22.7 Å². The number of hydrogen-bond acceptors (Lipinski definition) is 3. The Morgan fingerprint density at radius 3 is 2.79 bits per heavy atom. The number of rotatable bonds is 3. The van der Waals surface area contributed by atoms with Gasteiger partial charge in [-0.3, -0.25) is 4.79 Å². The first-order chi connectivity index (χ1) is 9.04. The van der Waals surface area contributed by atoms with E-state index in [1.165, 1.54) is 5.56 Å². The van der Waals surface area contributed by atoms with E-state index in [0.717, 1.165) is 23.2 Å². The van der Waals surface area contributed by atoms with Gasteiger partial charge < -0.3 is 15.5 Å². The van der Waals surface area contributed by atoms with E-state index in [9.17, 15) is 4.79 Å². The fourth-order valence-corrected chi connectivity index (χ4v) is 2.78. The highest BCUT2D eigenvalue weighted by atomic mass is 79.9. The molecule has 1 saturated heterocycles. The van der Waals surface area contributed by atoms with Crippen LogP contribution in [0.4, 0.5) is 5.69 Å². The number of hydrogen-bond donors (Lipinski definition) is 1. The number of piperazine rings is 1. The molecule has 1 atom stereocenters. The molecule has 2 rings (SSSR count). The lowest BCUT2D eigenvalue weighted by Gasteiger charge is -2.40. The average Bonchev–Trinajstić information content (AvgIpc) is 2.39. The zero-order valence-corrected chi connectivity index (χ0v) is 13.0. The summed E-state index contributed by atoms with van der Waals surface area (Å²) in [6, 6.07) is 6.08. The molecule has 1 amide bonds. The minimum Gasteiger partial charge on any atom is -0.358 e. The maximum Gasteiger partial charge on any atom is 0.245 e. The molecule has 1 unspecified atom stereocenters. The maximum absolute atomic E-state index is 12.3. The van der Waals surface area contributed by atoms with Crippen molar-refractivity contribution in [1.29, 1.82) is 0 Å². The third-order valence-corrected chi connectivity index (χ3v) is 4.50. The van der Waals surface area contributed by atoms with Gasteiger partial charge in [0.15, 0.2) is 0 Å². The van der Waals surface area contributed by atoms with E-state index in [1.54, 1.807) is 4.90 Å². The molecule has 0 saturated carbocycles. The number of anilines is 1. The van der Waals surface area contributed by atoms with E-state index < -0.39 is 0 Å². The quantitative estimate of drug-likeness (QED) is 0.921. The Morgan fingerprint density at radius 2 is 2.16 bits per heavy atom. The van der Waals surface area contributed by atoms with Crippen LogP contribution in [0.3, 0.4) is 0 Å². The van der Waals surface area contributed by atoms with Gasteiger partial charge in [-0.15, -0.1) is 0 Å². The van der Waals surface area contributed by atoms with Crippen molar-refractivity contribution >= 4 is 27.5 Å². The second-order valence-electron chi connectivity index (χ2n) is 4.98. The molecule has 1 fully saturated rings.